The minimum atomic E-state index is -0.529. The molecular formula is C14H18ClN5O2. The van der Waals surface area contributed by atoms with Crippen molar-refractivity contribution in [2.75, 3.05) is 11.9 Å². The summed E-state index contributed by atoms with van der Waals surface area (Å²) in [5, 5.41) is 4.94. The van der Waals surface area contributed by atoms with Crippen LogP contribution in [0.25, 0.3) is 0 Å². The van der Waals surface area contributed by atoms with Crippen molar-refractivity contribution in [3.63, 3.8) is 0 Å². The summed E-state index contributed by atoms with van der Waals surface area (Å²) in [6, 6.07) is 3.03. The molecule has 0 aromatic carbocycles. The Morgan fingerprint density at radius 2 is 2.18 bits per heavy atom. The molecule has 3 rings (SSSR count). The maximum atomic E-state index is 12.1. The number of alkyl halides is 1. The lowest BCUT2D eigenvalue weighted by atomic mass is 10.1. The van der Waals surface area contributed by atoms with Gasteiger partial charge in [0.2, 0.25) is 11.8 Å². The van der Waals surface area contributed by atoms with E-state index in [1.165, 1.54) is 6.20 Å². The van der Waals surface area contributed by atoms with E-state index in [4.69, 9.17) is 11.6 Å². The van der Waals surface area contributed by atoms with Crippen molar-refractivity contribution >= 4 is 29.1 Å². The van der Waals surface area contributed by atoms with Gasteiger partial charge in [-0.25, -0.2) is 5.43 Å². The van der Waals surface area contributed by atoms with Gasteiger partial charge in [-0.1, -0.05) is 0 Å². The molecule has 8 heteroatoms. The molecule has 2 amide bonds. The SMILES string of the molecule is O=C(CNC(=O)C1NNC(C2CC2)C1Cl)Nc1cccnc1. The number of hydrazine groups is 1. The fourth-order valence-electron chi connectivity index (χ4n) is 2.52. The molecule has 1 saturated heterocycles. The maximum Gasteiger partial charge on any atom is 0.243 e. The highest BCUT2D eigenvalue weighted by Crippen LogP contribution is 2.37. The van der Waals surface area contributed by atoms with Crippen LogP contribution in [0.1, 0.15) is 12.8 Å². The molecule has 3 unspecified atom stereocenters. The molecule has 2 aliphatic rings. The van der Waals surface area contributed by atoms with E-state index in [1.54, 1.807) is 18.3 Å². The first-order valence-corrected chi connectivity index (χ1v) is 7.71. The van der Waals surface area contributed by atoms with E-state index in [-0.39, 0.29) is 29.8 Å². The van der Waals surface area contributed by atoms with Crippen molar-refractivity contribution in [3.05, 3.63) is 24.5 Å². The van der Waals surface area contributed by atoms with Crippen LogP contribution in [0.4, 0.5) is 5.69 Å². The van der Waals surface area contributed by atoms with E-state index < -0.39 is 6.04 Å². The van der Waals surface area contributed by atoms with Gasteiger partial charge >= 0.3 is 0 Å². The highest BCUT2D eigenvalue weighted by atomic mass is 35.5. The zero-order valence-electron chi connectivity index (χ0n) is 11.9. The van der Waals surface area contributed by atoms with Gasteiger partial charge in [0.1, 0.15) is 6.04 Å². The predicted molar refractivity (Wildman–Crippen MR) is 82.1 cm³/mol. The second-order valence-corrected chi connectivity index (χ2v) is 6.09. The normalized spacial score (nSPS) is 27.4. The van der Waals surface area contributed by atoms with Crippen LogP contribution in [0, 0.1) is 5.92 Å². The Morgan fingerprint density at radius 3 is 2.86 bits per heavy atom. The summed E-state index contributed by atoms with van der Waals surface area (Å²) in [5.74, 6) is -0.0455. The van der Waals surface area contributed by atoms with Crippen LogP contribution in [-0.2, 0) is 9.59 Å². The minimum absolute atomic E-state index is 0.108. The molecule has 1 saturated carbocycles. The van der Waals surface area contributed by atoms with E-state index in [0.717, 1.165) is 12.8 Å². The Morgan fingerprint density at radius 1 is 1.36 bits per heavy atom. The Labute approximate surface area is 133 Å². The molecule has 2 fully saturated rings. The molecule has 7 nitrogen and oxygen atoms in total. The van der Waals surface area contributed by atoms with Crippen LogP contribution in [0.2, 0.25) is 0 Å². The van der Waals surface area contributed by atoms with Gasteiger partial charge in [-0.2, -0.15) is 0 Å². The van der Waals surface area contributed by atoms with Crippen LogP contribution in [0.3, 0.4) is 0 Å². The average molecular weight is 324 g/mol. The molecule has 1 aromatic heterocycles. The van der Waals surface area contributed by atoms with Crippen molar-refractivity contribution in [2.45, 2.75) is 30.3 Å². The van der Waals surface area contributed by atoms with Crippen LogP contribution in [0.5, 0.6) is 0 Å². The monoisotopic (exact) mass is 323 g/mol. The number of carbonyl (C=O) groups is 2. The van der Waals surface area contributed by atoms with Crippen LogP contribution in [0.15, 0.2) is 24.5 Å². The van der Waals surface area contributed by atoms with Gasteiger partial charge in [0, 0.05) is 12.2 Å². The van der Waals surface area contributed by atoms with E-state index in [0.29, 0.717) is 11.6 Å². The number of halogens is 1. The first-order chi connectivity index (χ1) is 10.6. The number of anilines is 1. The van der Waals surface area contributed by atoms with Crippen molar-refractivity contribution in [1.29, 1.82) is 0 Å². The van der Waals surface area contributed by atoms with Gasteiger partial charge in [-0.05, 0) is 30.9 Å². The number of carbonyl (C=O) groups excluding carboxylic acids is 2. The number of rotatable bonds is 5. The van der Waals surface area contributed by atoms with Gasteiger partial charge in [0.25, 0.3) is 0 Å². The summed E-state index contributed by atoms with van der Waals surface area (Å²) in [5.41, 5.74) is 6.58. The predicted octanol–water partition coefficient (Wildman–Crippen LogP) is -0.00130. The van der Waals surface area contributed by atoms with E-state index >= 15 is 0 Å². The Balaban J connectivity index is 1.45. The Bertz CT molecular complexity index is 551. The highest BCUT2D eigenvalue weighted by Gasteiger charge is 2.45. The summed E-state index contributed by atoms with van der Waals surface area (Å²) in [4.78, 5) is 27.8. The van der Waals surface area contributed by atoms with Crippen LogP contribution >= 0.6 is 11.6 Å². The first-order valence-electron chi connectivity index (χ1n) is 7.28. The van der Waals surface area contributed by atoms with Crippen LogP contribution < -0.4 is 21.5 Å². The van der Waals surface area contributed by atoms with E-state index in [1.807, 2.05) is 0 Å². The Kier molecular flexibility index (Phi) is 4.56. The lowest BCUT2D eigenvalue weighted by Crippen LogP contribution is -2.48. The molecule has 0 spiro atoms. The zero-order chi connectivity index (χ0) is 15.5. The third kappa shape index (κ3) is 3.55. The molecule has 3 atom stereocenters. The van der Waals surface area contributed by atoms with Crippen molar-refractivity contribution < 1.29 is 9.59 Å². The molecule has 2 heterocycles. The smallest absolute Gasteiger partial charge is 0.243 e. The summed E-state index contributed by atoms with van der Waals surface area (Å²) < 4.78 is 0. The van der Waals surface area contributed by atoms with Crippen molar-refractivity contribution in [1.82, 2.24) is 21.2 Å². The third-order valence-electron chi connectivity index (χ3n) is 3.85. The summed E-state index contributed by atoms with van der Waals surface area (Å²) >= 11 is 6.32. The van der Waals surface area contributed by atoms with Crippen molar-refractivity contribution in [3.8, 4) is 0 Å². The number of hydrogen-bond donors (Lipinski definition) is 4. The fourth-order valence-corrected chi connectivity index (χ4v) is 2.96. The molecule has 1 aliphatic heterocycles. The average Bonchev–Trinajstić information content (AvgIpc) is 3.29. The number of amides is 2. The molecule has 1 aliphatic carbocycles. The quantitative estimate of drug-likeness (QED) is 0.572. The lowest BCUT2D eigenvalue weighted by molar-refractivity contribution is -0.125. The summed E-state index contributed by atoms with van der Waals surface area (Å²) in [6.45, 7) is -0.108. The van der Waals surface area contributed by atoms with Gasteiger partial charge < -0.3 is 10.6 Å². The molecule has 22 heavy (non-hydrogen) atoms. The number of nitrogens with zero attached hydrogens (tertiary/aromatic N) is 1. The largest absolute Gasteiger partial charge is 0.346 e. The molecule has 0 radical (unpaired) electrons. The fraction of sp³-hybridized carbons (Fsp3) is 0.500. The number of nitrogens with one attached hydrogen (secondary N) is 4. The minimum Gasteiger partial charge on any atom is -0.346 e. The molecule has 4 N–H and O–H groups in total. The number of hydrogen-bond acceptors (Lipinski definition) is 5. The molecular weight excluding hydrogens is 306 g/mol. The number of pyridine rings is 1. The standard InChI is InChI=1S/C14H18ClN5O2/c15-11-12(8-3-4-8)19-20-13(11)14(22)17-7-10(21)18-9-2-1-5-16-6-9/h1-2,5-6,8,11-13,19-20H,3-4,7H2,(H,17,22)(H,18,21). The Hall–Kier alpha value is -1.70. The second kappa shape index (κ2) is 6.60. The second-order valence-electron chi connectivity index (χ2n) is 5.58. The molecule has 0 bridgehead atoms. The first kappa shape index (κ1) is 15.2. The van der Waals surface area contributed by atoms with Gasteiger partial charge in [0.05, 0.1) is 23.8 Å². The van der Waals surface area contributed by atoms with E-state index in [9.17, 15) is 9.59 Å². The summed E-state index contributed by atoms with van der Waals surface area (Å²) in [7, 11) is 0. The summed E-state index contributed by atoms with van der Waals surface area (Å²) in [6.07, 6.45) is 5.44. The molecule has 118 valence electrons. The van der Waals surface area contributed by atoms with Gasteiger partial charge in [0.15, 0.2) is 0 Å². The van der Waals surface area contributed by atoms with Crippen LogP contribution in [-0.4, -0.2) is 40.8 Å². The lowest BCUT2D eigenvalue weighted by Gasteiger charge is -2.15. The van der Waals surface area contributed by atoms with E-state index in [2.05, 4.69) is 26.5 Å². The zero-order valence-corrected chi connectivity index (χ0v) is 12.6. The topological polar surface area (TPSA) is 95.2 Å². The highest BCUT2D eigenvalue weighted by molar-refractivity contribution is 6.23. The molecule has 1 aromatic rings. The number of aromatic nitrogens is 1. The maximum absolute atomic E-state index is 12.1. The third-order valence-corrected chi connectivity index (χ3v) is 4.37. The van der Waals surface area contributed by atoms with Gasteiger partial charge in [-0.3, -0.25) is 20.0 Å². The van der Waals surface area contributed by atoms with Gasteiger partial charge in [-0.15, -0.1) is 11.6 Å². The van der Waals surface area contributed by atoms with Crippen molar-refractivity contribution in [2.24, 2.45) is 5.92 Å².